The van der Waals surface area contributed by atoms with Gasteiger partial charge in [0.25, 0.3) is 0 Å². The first-order valence-electron chi connectivity index (χ1n) is 6.24. The van der Waals surface area contributed by atoms with Gasteiger partial charge in [-0.3, -0.25) is 4.68 Å². The maximum absolute atomic E-state index is 6.09. The number of benzene rings is 2. The first-order chi connectivity index (χ1) is 9.66. The molecule has 102 valence electrons. The molecule has 4 nitrogen and oxygen atoms in total. The first-order valence-corrected chi connectivity index (χ1v) is 6.62. The average molecular weight is 288 g/mol. The van der Waals surface area contributed by atoms with Crippen LogP contribution in [-0.2, 0) is 13.7 Å². The largest absolute Gasteiger partial charge is 0.483 e. The Morgan fingerprint density at radius 1 is 1.20 bits per heavy atom. The number of fused-ring (bicyclic) bond motifs is 1. The van der Waals surface area contributed by atoms with E-state index >= 15 is 0 Å². The predicted octanol–water partition coefficient (Wildman–Crippen LogP) is 3.39. The van der Waals surface area contributed by atoms with Gasteiger partial charge in [-0.2, -0.15) is 5.10 Å². The number of aromatic nitrogens is 2. The number of nitrogen functional groups attached to an aromatic ring is 1. The molecule has 0 amide bonds. The van der Waals surface area contributed by atoms with Crippen molar-refractivity contribution >= 4 is 28.2 Å². The van der Waals surface area contributed by atoms with Gasteiger partial charge in [-0.25, -0.2) is 0 Å². The second-order valence-electron chi connectivity index (χ2n) is 4.53. The molecule has 0 fully saturated rings. The zero-order valence-electron chi connectivity index (χ0n) is 11.0. The van der Waals surface area contributed by atoms with E-state index in [0.29, 0.717) is 23.1 Å². The number of anilines is 1. The van der Waals surface area contributed by atoms with Crippen molar-refractivity contribution in [3.8, 4) is 5.75 Å². The number of nitrogens with zero attached hydrogens (tertiary/aromatic N) is 2. The minimum atomic E-state index is 0.329. The number of nitrogens with two attached hydrogens (primary N) is 1. The molecular formula is C15H14ClN3O. The van der Waals surface area contributed by atoms with Gasteiger partial charge in [0.15, 0.2) is 5.75 Å². The molecule has 0 aliphatic rings. The van der Waals surface area contributed by atoms with E-state index in [4.69, 9.17) is 22.1 Å². The second kappa shape index (κ2) is 5.06. The van der Waals surface area contributed by atoms with Gasteiger partial charge in [-0.05, 0) is 18.2 Å². The number of rotatable bonds is 3. The molecule has 2 aromatic carbocycles. The van der Waals surface area contributed by atoms with E-state index in [1.54, 1.807) is 18.2 Å². The van der Waals surface area contributed by atoms with Crippen LogP contribution < -0.4 is 10.5 Å². The van der Waals surface area contributed by atoms with E-state index in [9.17, 15) is 0 Å². The quantitative estimate of drug-likeness (QED) is 0.751. The van der Waals surface area contributed by atoms with E-state index in [2.05, 4.69) is 5.10 Å². The van der Waals surface area contributed by atoms with Crippen LogP contribution in [-0.4, -0.2) is 9.78 Å². The van der Waals surface area contributed by atoms with Crippen molar-refractivity contribution in [1.29, 1.82) is 0 Å². The molecule has 0 saturated heterocycles. The van der Waals surface area contributed by atoms with E-state index in [-0.39, 0.29) is 0 Å². The number of aryl methyl sites for hydroxylation is 1. The van der Waals surface area contributed by atoms with Gasteiger partial charge in [-0.1, -0.05) is 35.9 Å². The van der Waals surface area contributed by atoms with Gasteiger partial charge in [0.2, 0.25) is 0 Å². The van der Waals surface area contributed by atoms with Gasteiger partial charge in [-0.15, -0.1) is 0 Å². The molecule has 3 aromatic rings. The van der Waals surface area contributed by atoms with E-state index in [1.165, 1.54) is 0 Å². The van der Waals surface area contributed by atoms with Crippen molar-refractivity contribution in [3.05, 3.63) is 53.2 Å². The summed E-state index contributed by atoms with van der Waals surface area (Å²) in [5.74, 6) is 0.504. The minimum absolute atomic E-state index is 0.329. The number of halogens is 1. The van der Waals surface area contributed by atoms with Crippen molar-refractivity contribution in [2.24, 2.45) is 7.05 Å². The maximum Gasteiger partial charge on any atom is 0.161 e. The fourth-order valence-electron chi connectivity index (χ4n) is 2.21. The van der Waals surface area contributed by atoms with Crippen LogP contribution in [0.5, 0.6) is 5.75 Å². The molecule has 1 aromatic heterocycles. The lowest BCUT2D eigenvalue weighted by Crippen LogP contribution is -2.01. The Kier molecular flexibility index (Phi) is 3.24. The summed E-state index contributed by atoms with van der Waals surface area (Å²) in [6.45, 7) is 0.329. The lowest BCUT2D eigenvalue weighted by atomic mass is 10.2. The van der Waals surface area contributed by atoms with Crippen LogP contribution in [0.4, 0.5) is 5.69 Å². The number of hydrogen-bond donors (Lipinski definition) is 1. The van der Waals surface area contributed by atoms with E-state index < -0.39 is 0 Å². The van der Waals surface area contributed by atoms with Crippen molar-refractivity contribution in [2.75, 3.05) is 5.73 Å². The minimum Gasteiger partial charge on any atom is -0.483 e. The predicted molar refractivity (Wildman–Crippen MR) is 80.9 cm³/mol. The second-order valence-corrected chi connectivity index (χ2v) is 4.94. The lowest BCUT2D eigenvalue weighted by molar-refractivity contribution is 0.303. The highest BCUT2D eigenvalue weighted by atomic mass is 35.5. The Hall–Kier alpha value is -2.20. The Labute approximate surface area is 121 Å². The molecule has 2 N–H and O–H groups in total. The van der Waals surface area contributed by atoms with Crippen molar-refractivity contribution in [2.45, 2.75) is 6.61 Å². The molecule has 1 heterocycles. The highest BCUT2D eigenvalue weighted by Gasteiger charge is 2.11. The Bertz CT molecular complexity index is 747. The molecule has 0 bridgehead atoms. The molecule has 0 saturated carbocycles. The average Bonchev–Trinajstić information content (AvgIpc) is 2.76. The third-order valence-electron chi connectivity index (χ3n) is 3.18. The van der Waals surface area contributed by atoms with E-state index in [1.807, 2.05) is 36.0 Å². The van der Waals surface area contributed by atoms with Crippen LogP contribution >= 0.6 is 11.6 Å². The maximum atomic E-state index is 6.09. The summed E-state index contributed by atoms with van der Waals surface area (Å²) >= 11 is 6.09. The normalized spacial score (nSPS) is 10.9. The van der Waals surface area contributed by atoms with Crippen molar-refractivity contribution in [1.82, 2.24) is 9.78 Å². The van der Waals surface area contributed by atoms with Gasteiger partial charge in [0, 0.05) is 12.4 Å². The summed E-state index contributed by atoms with van der Waals surface area (Å²) in [7, 11) is 1.91. The molecule has 0 atom stereocenters. The molecule has 20 heavy (non-hydrogen) atoms. The van der Waals surface area contributed by atoms with Crippen LogP contribution in [0.1, 0.15) is 5.69 Å². The number of ether oxygens (including phenoxy) is 1. The Balaban J connectivity index is 1.91. The third-order valence-corrected chi connectivity index (χ3v) is 3.48. The number of hydrogen-bond acceptors (Lipinski definition) is 3. The molecule has 0 unspecified atom stereocenters. The highest BCUT2D eigenvalue weighted by Crippen LogP contribution is 2.31. The SMILES string of the molecule is Cn1nc(COc2c(N)cccc2Cl)c2ccccc21. The van der Waals surface area contributed by atoms with Gasteiger partial charge >= 0.3 is 0 Å². The summed E-state index contributed by atoms with van der Waals surface area (Å²) in [6.07, 6.45) is 0. The molecule has 0 aliphatic carbocycles. The molecular weight excluding hydrogens is 274 g/mol. The summed E-state index contributed by atoms with van der Waals surface area (Å²) < 4.78 is 7.58. The van der Waals surface area contributed by atoms with Gasteiger partial charge < -0.3 is 10.5 Å². The Morgan fingerprint density at radius 2 is 2.00 bits per heavy atom. The fraction of sp³-hybridized carbons (Fsp3) is 0.133. The molecule has 0 spiro atoms. The summed E-state index contributed by atoms with van der Waals surface area (Å²) in [4.78, 5) is 0. The molecule has 3 rings (SSSR count). The monoisotopic (exact) mass is 287 g/mol. The summed E-state index contributed by atoms with van der Waals surface area (Å²) in [5.41, 5.74) is 8.33. The van der Waals surface area contributed by atoms with Crippen LogP contribution in [0.25, 0.3) is 10.9 Å². The van der Waals surface area contributed by atoms with Crippen LogP contribution in [0.2, 0.25) is 5.02 Å². The lowest BCUT2D eigenvalue weighted by Gasteiger charge is -2.09. The van der Waals surface area contributed by atoms with Crippen molar-refractivity contribution in [3.63, 3.8) is 0 Å². The molecule has 0 aliphatic heterocycles. The zero-order valence-corrected chi connectivity index (χ0v) is 11.8. The third kappa shape index (κ3) is 2.18. The van der Waals surface area contributed by atoms with Gasteiger partial charge in [0.1, 0.15) is 12.3 Å². The standard InChI is InChI=1S/C15H14ClN3O/c1-19-14-8-3-2-5-10(14)13(18-19)9-20-15-11(16)6-4-7-12(15)17/h2-8H,9,17H2,1H3. The topological polar surface area (TPSA) is 53.1 Å². The summed E-state index contributed by atoms with van der Waals surface area (Å²) in [5, 5.41) is 6.05. The molecule has 0 radical (unpaired) electrons. The fourth-order valence-corrected chi connectivity index (χ4v) is 2.45. The Morgan fingerprint density at radius 3 is 2.80 bits per heavy atom. The van der Waals surface area contributed by atoms with Crippen molar-refractivity contribution < 1.29 is 4.74 Å². The molecule has 5 heteroatoms. The first kappa shape index (κ1) is 12.8. The van der Waals surface area contributed by atoms with Gasteiger partial charge in [0.05, 0.1) is 16.2 Å². The highest BCUT2D eigenvalue weighted by molar-refractivity contribution is 6.32. The summed E-state index contributed by atoms with van der Waals surface area (Å²) in [6, 6.07) is 13.3. The van der Waals surface area contributed by atoms with Crippen LogP contribution in [0.15, 0.2) is 42.5 Å². The zero-order chi connectivity index (χ0) is 14.1. The van der Waals surface area contributed by atoms with Crippen LogP contribution in [0.3, 0.4) is 0 Å². The van der Waals surface area contributed by atoms with Crippen LogP contribution in [0, 0.1) is 0 Å². The smallest absolute Gasteiger partial charge is 0.161 e. The van der Waals surface area contributed by atoms with E-state index in [0.717, 1.165) is 16.6 Å². The number of para-hydroxylation sites is 2.